The van der Waals surface area contributed by atoms with Gasteiger partial charge in [-0.15, -0.1) is 0 Å². The molecule has 1 amide bonds. The fourth-order valence-electron chi connectivity index (χ4n) is 2.15. The molecular formula is C15H27NO4. The molecule has 0 saturated carbocycles. The average Bonchev–Trinajstić information content (AvgIpc) is 2.59. The second kappa shape index (κ2) is 6.14. The molecule has 0 aliphatic carbocycles. The van der Waals surface area contributed by atoms with E-state index in [1.54, 1.807) is 19.9 Å². The molecule has 1 aliphatic rings. The summed E-state index contributed by atoms with van der Waals surface area (Å²) < 4.78 is 11.0. The third-order valence-electron chi connectivity index (χ3n) is 3.07. The number of nitrogens with zero attached hydrogens (tertiary/aromatic N) is 1. The van der Waals surface area contributed by atoms with Gasteiger partial charge >= 0.3 is 6.09 Å². The van der Waals surface area contributed by atoms with E-state index in [0.29, 0.717) is 6.61 Å². The first-order chi connectivity index (χ1) is 9.08. The van der Waals surface area contributed by atoms with Crippen LogP contribution in [-0.4, -0.2) is 46.2 Å². The summed E-state index contributed by atoms with van der Waals surface area (Å²) in [6, 6.07) is -0.428. The monoisotopic (exact) mass is 285 g/mol. The highest BCUT2D eigenvalue weighted by Crippen LogP contribution is 2.31. The molecule has 1 fully saturated rings. The van der Waals surface area contributed by atoms with Gasteiger partial charge in [0.15, 0.2) is 0 Å². The minimum atomic E-state index is -0.784. The number of aliphatic hydroxyl groups excluding tert-OH is 1. The Hall–Kier alpha value is -1.07. The topological polar surface area (TPSA) is 59.0 Å². The summed E-state index contributed by atoms with van der Waals surface area (Å²) in [5, 5.41) is 10.2. The van der Waals surface area contributed by atoms with E-state index in [0.717, 1.165) is 6.42 Å². The van der Waals surface area contributed by atoms with E-state index in [1.165, 1.54) is 4.90 Å². The van der Waals surface area contributed by atoms with Gasteiger partial charge in [0, 0.05) is 0 Å². The minimum Gasteiger partial charge on any atom is -0.444 e. The molecule has 2 atom stereocenters. The Morgan fingerprint density at radius 1 is 1.55 bits per heavy atom. The lowest BCUT2D eigenvalue weighted by molar-refractivity contribution is -0.0660. The minimum absolute atomic E-state index is 0.293. The van der Waals surface area contributed by atoms with Crippen molar-refractivity contribution in [1.29, 1.82) is 0 Å². The molecule has 0 radical (unpaired) electrons. The van der Waals surface area contributed by atoms with Crippen LogP contribution in [0.2, 0.25) is 0 Å². The second-order valence-electron chi connectivity index (χ2n) is 6.50. The van der Waals surface area contributed by atoms with Gasteiger partial charge in [-0.3, -0.25) is 4.90 Å². The van der Waals surface area contributed by atoms with Crippen molar-refractivity contribution in [2.75, 3.05) is 6.61 Å². The van der Waals surface area contributed by atoms with E-state index in [9.17, 15) is 9.90 Å². The van der Waals surface area contributed by atoms with Gasteiger partial charge in [-0.2, -0.15) is 0 Å². The van der Waals surface area contributed by atoms with Crippen molar-refractivity contribution in [3.05, 3.63) is 12.2 Å². The SMILES string of the molecule is CC/C=C/[C@H](O)C1COC(C)(C)N1C(=O)OC(C)(C)C. The van der Waals surface area contributed by atoms with Crippen LogP contribution in [-0.2, 0) is 9.47 Å². The largest absolute Gasteiger partial charge is 0.444 e. The van der Waals surface area contributed by atoms with Gasteiger partial charge < -0.3 is 14.6 Å². The highest BCUT2D eigenvalue weighted by atomic mass is 16.6. The van der Waals surface area contributed by atoms with Crippen LogP contribution < -0.4 is 0 Å². The van der Waals surface area contributed by atoms with Crippen LogP contribution in [0.4, 0.5) is 4.79 Å². The molecule has 1 saturated heterocycles. The Bertz CT molecular complexity index is 371. The van der Waals surface area contributed by atoms with Crippen LogP contribution in [0.3, 0.4) is 0 Å². The maximum absolute atomic E-state index is 12.4. The summed E-state index contributed by atoms with van der Waals surface area (Å²) in [4.78, 5) is 13.8. The number of allylic oxidation sites excluding steroid dienone is 1. The quantitative estimate of drug-likeness (QED) is 0.810. The predicted molar refractivity (Wildman–Crippen MR) is 77.3 cm³/mol. The maximum Gasteiger partial charge on any atom is 0.413 e. The number of carbonyl (C=O) groups is 1. The number of rotatable bonds is 3. The Labute approximate surface area is 121 Å². The molecule has 5 nitrogen and oxygen atoms in total. The van der Waals surface area contributed by atoms with E-state index in [4.69, 9.17) is 9.47 Å². The van der Waals surface area contributed by atoms with Gasteiger partial charge in [0.1, 0.15) is 11.3 Å². The van der Waals surface area contributed by atoms with Crippen molar-refractivity contribution in [1.82, 2.24) is 4.90 Å². The van der Waals surface area contributed by atoms with Crippen molar-refractivity contribution >= 4 is 6.09 Å². The van der Waals surface area contributed by atoms with Gasteiger partial charge in [-0.25, -0.2) is 4.79 Å². The standard InChI is InChI=1S/C15H27NO4/c1-7-8-9-12(17)11-10-19-15(5,6)16(11)13(18)20-14(2,3)4/h8-9,11-12,17H,7,10H2,1-6H3/b9-8+/t11?,12-/m0/s1. The summed E-state index contributed by atoms with van der Waals surface area (Å²) in [5.74, 6) is 0. The van der Waals surface area contributed by atoms with E-state index < -0.39 is 29.6 Å². The Kier molecular flexibility index (Phi) is 5.21. The first kappa shape index (κ1) is 17.0. The average molecular weight is 285 g/mol. The van der Waals surface area contributed by atoms with Crippen LogP contribution in [0.25, 0.3) is 0 Å². The molecule has 20 heavy (non-hydrogen) atoms. The number of ether oxygens (including phenoxy) is 2. The fourth-order valence-corrected chi connectivity index (χ4v) is 2.15. The van der Waals surface area contributed by atoms with Gasteiger partial charge in [0.25, 0.3) is 0 Å². The van der Waals surface area contributed by atoms with E-state index in [-0.39, 0.29) is 0 Å². The highest BCUT2D eigenvalue weighted by Gasteiger charge is 2.47. The van der Waals surface area contributed by atoms with Crippen molar-refractivity contribution in [2.24, 2.45) is 0 Å². The van der Waals surface area contributed by atoms with Crippen molar-refractivity contribution in [2.45, 2.75) is 71.4 Å². The fraction of sp³-hybridized carbons (Fsp3) is 0.800. The number of amides is 1. The summed E-state index contributed by atoms with van der Waals surface area (Å²) in [6.07, 6.45) is 3.19. The van der Waals surface area contributed by atoms with Crippen molar-refractivity contribution < 1.29 is 19.4 Å². The molecule has 116 valence electrons. The van der Waals surface area contributed by atoms with Crippen molar-refractivity contribution in [3.63, 3.8) is 0 Å². The summed E-state index contributed by atoms with van der Waals surface area (Å²) in [7, 11) is 0. The molecular weight excluding hydrogens is 258 g/mol. The molecule has 0 spiro atoms. The number of carbonyl (C=O) groups excluding carboxylic acids is 1. The van der Waals surface area contributed by atoms with Crippen LogP contribution in [0.1, 0.15) is 48.0 Å². The zero-order valence-electron chi connectivity index (χ0n) is 13.3. The molecule has 1 aliphatic heterocycles. The van der Waals surface area contributed by atoms with E-state index in [2.05, 4.69) is 0 Å². The molecule has 0 aromatic heterocycles. The summed E-state index contributed by atoms with van der Waals surface area (Å²) >= 11 is 0. The molecule has 1 heterocycles. The van der Waals surface area contributed by atoms with E-state index >= 15 is 0 Å². The van der Waals surface area contributed by atoms with Crippen molar-refractivity contribution in [3.8, 4) is 0 Å². The normalized spacial score (nSPS) is 24.1. The number of hydrogen-bond donors (Lipinski definition) is 1. The van der Waals surface area contributed by atoms with Crippen LogP contribution in [0.15, 0.2) is 12.2 Å². The zero-order valence-corrected chi connectivity index (χ0v) is 13.3. The summed E-state index contributed by atoms with van der Waals surface area (Å²) in [5.41, 5.74) is -1.36. The zero-order chi connectivity index (χ0) is 15.6. The van der Waals surface area contributed by atoms with E-state index in [1.807, 2.05) is 33.8 Å². The molecule has 1 N–H and O–H groups in total. The Balaban J connectivity index is 2.90. The second-order valence-corrected chi connectivity index (χ2v) is 6.50. The van der Waals surface area contributed by atoms with Crippen LogP contribution in [0, 0.1) is 0 Å². The highest BCUT2D eigenvalue weighted by molar-refractivity contribution is 5.70. The third-order valence-corrected chi connectivity index (χ3v) is 3.07. The smallest absolute Gasteiger partial charge is 0.413 e. The predicted octanol–water partition coefficient (Wildman–Crippen LogP) is 2.69. The molecule has 1 unspecified atom stereocenters. The van der Waals surface area contributed by atoms with Gasteiger partial charge in [0.05, 0.1) is 18.8 Å². The molecule has 1 rings (SSSR count). The Morgan fingerprint density at radius 3 is 2.65 bits per heavy atom. The lowest BCUT2D eigenvalue weighted by Gasteiger charge is -2.36. The number of aliphatic hydroxyl groups is 1. The molecule has 0 bridgehead atoms. The van der Waals surface area contributed by atoms with Gasteiger partial charge in [-0.05, 0) is 41.0 Å². The lowest BCUT2D eigenvalue weighted by atomic mass is 10.1. The first-order valence-corrected chi connectivity index (χ1v) is 7.09. The molecule has 5 heteroatoms. The molecule has 0 aromatic carbocycles. The Morgan fingerprint density at radius 2 is 2.15 bits per heavy atom. The maximum atomic E-state index is 12.4. The van der Waals surface area contributed by atoms with Gasteiger partial charge in [0.2, 0.25) is 0 Å². The summed E-state index contributed by atoms with van der Waals surface area (Å²) in [6.45, 7) is 11.3. The lowest BCUT2D eigenvalue weighted by Crippen LogP contribution is -2.53. The third kappa shape index (κ3) is 4.21. The molecule has 0 aromatic rings. The van der Waals surface area contributed by atoms with Crippen LogP contribution in [0.5, 0.6) is 0 Å². The van der Waals surface area contributed by atoms with Crippen LogP contribution >= 0.6 is 0 Å². The number of hydrogen-bond acceptors (Lipinski definition) is 4. The van der Waals surface area contributed by atoms with Gasteiger partial charge in [-0.1, -0.05) is 19.1 Å². The first-order valence-electron chi connectivity index (χ1n) is 7.09.